The summed E-state index contributed by atoms with van der Waals surface area (Å²) in [5.41, 5.74) is 1.51. The van der Waals surface area contributed by atoms with E-state index in [-0.39, 0.29) is 17.8 Å². The molecule has 3 rings (SSSR count). The van der Waals surface area contributed by atoms with Crippen LogP contribution in [-0.2, 0) is 22.3 Å². The number of nitrogens with one attached hydrogen (secondary N) is 3. The Hall–Kier alpha value is -1.64. The zero-order chi connectivity index (χ0) is 20.1. The number of benzene rings is 1. The maximum atomic E-state index is 12.2. The predicted octanol–water partition coefficient (Wildman–Crippen LogP) is 1.80. The lowest BCUT2D eigenvalue weighted by atomic mass is 10.1. The maximum absolute atomic E-state index is 12.2. The van der Waals surface area contributed by atoms with Gasteiger partial charge in [-0.1, -0.05) is 24.3 Å². The molecule has 28 heavy (non-hydrogen) atoms. The zero-order valence-corrected chi connectivity index (χ0v) is 17.6. The summed E-state index contributed by atoms with van der Waals surface area (Å²) in [5, 5.41) is 5.82. The molecule has 0 aromatic heterocycles. The molecule has 0 spiro atoms. The number of sulfonamides is 1. The minimum atomic E-state index is -3.41. The Balaban J connectivity index is 1.45. The fraction of sp³-hybridized carbons (Fsp3) is 0.650. The van der Waals surface area contributed by atoms with Crippen LogP contribution in [0.2, 0.25) is 0 Å². The summed E-state index contributed by atoms with van der Waals surface area (Å²) in [7, 11) is -3.41. The topological polar surface area (TPSA) is 90.5 Å². The monoisotopic (exact) mass is 408 g/mol. The quantitative estimate of drug-likeness (QED) is 0.581. The fourth-order valence-electron chi connectivity index (χ4n) is 3.75. The minimum absolute atomic E-state index is 0.0935. The number of nitrogens with zero attached hydrogens (tertiary/aromatic N) is 1. The van der Waals surface area contributed by atoms with Crippen LogP contribution in [-0.4, -0.2) is 51.1 Å². The van der Waals surface area contributed by atoms with Gasteiger partial charge in [-0.15, -0.1) is 0 Å². The molecule has 2 fully saturated rings. The second-order valence-corrected chi connectivity index (χ2v) is 10.00. The van der Waals surface area contributed by atoms with Gasteiger partial charge in [0.15, 0.2) is 0 Å². The summed E-state index contributed by atoms with van der Waals surface area (Å²) in [6.45, 7) is 6.80. The first kappa shape index (κ1) is 21.1. The van der Waals surface area contributed by atoms with Crippen molar-refractivity contribution in [3.8, 4) is 0 Å². The van der Waals surface area contributed by atoms with E-state index in [1.807, 2.05) is 18.2 Å². The van der Waals surface area contributed by atoms with Crippen molar-refractivity contribution < 1.29 is 13.2 Å². The average molecular weight is 409 g/mol. The molecule has 3 N–H and O–H groups in total. The Kier molecular flexibility index (Phi) is 6.95. The molecular weight excluding hydrogens is 376 g/mol. The van der Waals surface area contributed by atoms with Gasteiger partial charge in [0.05, 0.1) is 5.75 Å². The SMILES string of the molecule is CC(C)NS(=O)(=O)Cc1ccccc1CNC(=O)NCC1CCN(C2CC2)C1. The van der Waals surface area contributed by atoms with E-state index in [2.05, 4.69) is 20.3 Å². The second kappa shape index (κ2) is 9.24. The number of carbonyl (C=O) groups excluding carboxylic acids is 1. The van der Waals surface area contributed by atoms with Crippen molar-refractivity contribution in [3.63, 3.8) is 0 Å². The Morgan fingerprint density at radius 2 is 1.86 bits per heavy atom. The molecule has 1 saturated carbocycles. The number of hydrogen-bond donors (Lipinski definition) is 3. The molecule has 2 amide bonds. The van der Waals surface area contributed by atoms with Crippen molar-refractivity contribution in [1.29, 1.82) is 0 Å². The molecule has 1 aromatic carbocycles. The van der Waals surface area contributed by atoms with Crippen LogP contribution in [0.3, 0.4) is 0 Å². The van der Waals surface area contributed by atoms with E-state index >= 15 is 0 Å². The highest BCUT2D eigenvalue weighted by Gasteiger charge is 2.34. The molecule has 1 aliphatic heterocycles. The first-order valence-electron chi connectivity index (χ1n) is 10.1. The second-order valence-electron chi connectivity index (χ2n) is 8.24. The number of rotatable bonds is 9. The Bertz CT molecular complexity index is 777. The predicted molar refractivity (Wildman–Crippen MR) is 110 cm³/mol. The smallest absolute Gasteiger partial charge is 0.315 e. The van der Waals surface area contributed by atoms with Crippen LogP contribution in [0, 0.1) is 5.92 Å². The van der Waals surface area contributed by atoms with E-state index in [0.29, 0.717) is 24.6 Å². The zero-order valence-electron chi connectivity index (χ0n) is 16.8. The van der Waals surface area contributed by atoms with Gasteiger partial charge in [-0.25, -0.2) is 17.9 Å². The molecule has 0 radical (unpaired) electrons. The highest BCUT2D eigenvalue weighted by molar-refractivity contribution is 7.88. The molecule has 1 saturated heterocycles. The van der Waals surface area contributed by atoms with Crippen LogP contribution in [0.1, 0.15) is 44.2 Å². The largest absolute Gasteiger partial charge is 0.338 e. The Morgan fingerprint density at radius 1 is 1.14 bits per heavy atom. The molecule has 1 heterocycles. The van der Waals surface area contributed by atoms with Gasteiger partial charge in [0.25, 0.3) is 0 Å². The molecule has 1 aliphatic carbocycles. The molecule has 0 bridgehead atoms. The van der Waals surface area contributed by atoms with Crippen molar-refractivity contribution in [2.75, 3.05) is 19.6 Å². The molecule has 1 aromatic rings. The molecule has 2 aliphatic rings. The summed E-state index contributed by atoms with van der Waals surface area (Å²) < 4.78 is 27.0. The van der Waals surface area contributed by atoms with Gasteiger partial charge in [-0.3, -0.25) is 0 Å². The minimum Gasteiger partial charge on any atom is -0.338 e. The van der Waals surface area contributed by atoms with E-state index in [4.69, 9.17) is 0 Å². The number of hydrogen-bond acceptors (Lipinski definition) is 4. The van der Waals surface area contributed by atoms with Crippen molar-refractivity contribution in [2.45, 2.75) is 57.5 Å². The summed E-state index contributed by atoms with van der Waals surface area (Å²) in [6.07, 6.45) is 3.78. The van der Waals surface area contributed by atoms with E-state index in [0.717, 1.165) is 31.1 Å². The Morgan fingerprint density at radius 3 is 2.54 bits per heavy atom. The van der Waals surface area contributed by atoms with Gasteiger partial charge in [0, 0.05) is 31.7 Å². The third kappa shape index (κ3) is 6.46. The molecule has 7 nitrogen and oxygen atoms in total. The molecule has 8 heteroatoms. The lowest BCUT2D eigenvalue weighted by Crippen LogP contribution is -2.38. The number of likely N-dealkylation sites (tertiary alicyclic amines) is 1. The van der Waals surface area contributed by atoms with E-state index < -0.39 is 10.0 Å². The van der Waals surface area contributed by atoms with Crippen molar-refractivity contribution >= 4 is 16.1 Å². The van der Waals surface area contributed by atoms with Gasteiger partial charge in [0.2, 0.25) is 10.0 Å². The summed E-state index contributed by atoms with van der Waals surface area (Å²) >= 11 is 0. The van der Waals surface area contributed by atoms with Gasteiger partial charge in [-0.2, -0.15) is 0 Å². The van der Waals surface area contributed by atoms with E-state index in [1.54, 1.807) is 19.9 Å². The summed E-state index contributed by atoms with van der Waals surface area (Å²) in [5.74, 6) is 0.426. The molecule has 1 unspecified atom stereocenters. The standard InChI is InChI=1S/C20H32N4O3S/c1-15(2)23-28(26,27)14-18-6-4-3-5-17(18)12-22-20(25)21-11-16-9-10-24(13-16)19-7-8-19/h3-6,15-16,19,23H,7-14H2,1-2H3,(H2,21,22,25). The molecule has 1 atom stereocenters. The number of carbonyl (C=O) groups is 1. The van der Waals surface area contributed by atoms with Gasteiger partial charge in [0.1, 0.15) is 0 Å². The van der Waals surface area contributed by atoms with Crippen LogP contribution in [0.15, 0.2) is 24.3 Å². The first-order chi connectivity index (χ1) is 13.3. The number of amides is 2. The highest BCUT2D eigenvalue weighted by atomic mass is 32.2. The van der Waals surface area contributed by atoms with Crippen LogP contribution < -0.4 is 15.4 Å². The maximum Gasteiger partial charge on any atom is 0.315 e. The lowest BCUT2D eigenvalue weighted by Gasteiger charge is -2.16. The first-order valence-corrected chi connectivity index (χ1v) is 11.8. The van der Waals surface area contributed by atoms with E-state index in [9.17, 15) is 13.2 Å². The van der Waals surface area contributed by atoms with Crippen molar-refractivity contribution in [2.24, 2.45) is 5.92 Å². The summed E-state index contributed by atoms with van der Waals surface area (Å²) in [4.78, 5) is 14.7. The average Bonchev–Trinajstić information content (AvgIpc) is 3.36. The molecule has 156 valence electrons. The van der Waals surface area contributed by atoms with Crippen LogP contribution in [0.25, 0.3) is 0 Å². The third-order valence-corrected chi connectivity index (χ3v) is 6.77. The van der Waals surface area contributed by atoms with Gasteiger partial charge in [-0.05, 0) is 56.7 Å². The van der Waals surface area contributed by atoms with Crippen molar-refractivity contribution in [3.05, 3.63) is 35.4 Å². The van der Waals surface area contributed by atoms with E-state index in [1.165, 1.54) is 12.8 Å². The highest BCUT2D eigenvalue weighted by Crippen LogP contribution is 2.31. The van der Waals surface area contributed by atoms with Crippen LogP contribution >= 0.6 is 0 Å². The number of urea groups is 1. The van der Waals surface area contributed by atoms with Crippen LogP contribution in [0.5, 0.6) is 0 Å². The van der Waals surface area contributed by atoms with Gasteiger partial charge >= 0.3 is 6.03 Å². The normalized spacial score (nSPS) is 20.5. The van der Waals surface area contributed by atoms with Crippen LogP contribution in [0.4, 0.5) is 4.79 Å². The van der Waals surface area contributed by atoms with Crippen molar-refractivity contribution in [1.82, 2.24) is 20.3 Å². The third-order valence-electron chi connectivity index (χ3n) is 5.25. The summed E-state index contributed by atoms with van der Waals surface area (Å²) in [6, 6.07) is 7.75. The van der Waals surface area contributed by atoms with Gasteiger partial charge < -0.3 is 15.5 Å². The Labute approximate surface area is 168 Å². The molecular formula is C20H32N4O3S. The fourth-order valence-corrected chi connectivity index (χ4v) is 5.24. The lowest BCUT2D eigenvalue weighted by molar-refractivity contribution is 0.238.